The molecule has 2 aromatic rings. The summed E-state index contributed by atoms with van der Waals surface area (Å²) in [6.45, 7) is 1.60. The molecule has 5 heteroatoms. The second-order valence-corrected chi connectivity index (χ2v) is 5.42. The van der Waals surface area contributed by atoms with Crippen LogP contribution in [0, 0.1) is 0 Å². The quantitative estimate of drug-likeness (QED) is 0.813. The fraction of sp³-hybridized carbons (Fsp3) is 0.250. The average Bonchev–Trinajstić information content (AvgIpc) is 3.18. The first-order valence-corrected chi connectivity index (χ1v) is 7.21. The number of halogens is 1. The number of carbonyl (C=O) groups excluding carboxylic acids is 2. The zero-order chi connectivity index (χ0) is 14.8. The van der Waals surface area contributed by atoms with Crippen LogP contribution in [-0.4, -0.2) is 30.2 Å². The zero-order valence-electron chi connectivity index (χ0n) is 11.3. The molecule has 0 saturated carbocycles. The monoisotopic (exact) mass is 303 g/mol. The molecular weight excluding hydrogens is 290 g/mol. The molecule has 3 rings (SSSR count). The van der Waals surface area contributed by atoms with Crippen LogP contribution in [0.2, 0.25) is 5.02 Å². The van der Waals surface area contributed by atoms with Crippen molar-refractivity contribution < 1.29 is 14.0 Å². The lowest BCUT2D eigenvalue weighted by Crippen LogP contribution is -2.27. The van der Waals surface area contributed by atoms with E-state index < -0.39 is 0 Å². The number of benzene rings is 1. The third kappa shape index (κ3) is 2.72. The van der Waals surface area contributed by atoms with E-state index in [0.717, 1.165) is 25.9 Å². The van der Waals surface area contributed by atoms with Gasteiger partial charge in [0, 0.05) is 24.2 Å². The Balaban J connectivity index is 1.95. The predicted molar refractivity (Wildman–Crippen MR) is 79.7 cm³/mol. The van der Waals surface area contributed by atoms with E-state index in [9.17, 15) is 9.59 Å². The lowest BCUT2D eigenvalue weighted by molar-refractivity contribution is 0.0792. The molecule has 108 valence electrons. The van der Waals surface area contributed by atoms with Crippen LogP contribution in [0.25, 0.3) is 11.3 Å². The van der Waals surface area contributed by atoms with Gasteiger partial charge < -0.3 is 9.32 Å². The van der Waals surface area contributed by atoms with Gasteiger partial charge in [-0.3, -0.25) is 9.59 Å². The van der Waals surface area contributed by atoms with E-state index in [2.05, 4.69) is 0 Å². The summed E-state index contributed by atoms with van der Waals surface area (Å²) in [7, 11) is 0. The van der Waals surface area contributed by atoms with Crippen molar-refractivity contribution >= 4 is 23.8 Å². The molecule has 1 fully saturated rings. The van der Waals surface area contributed by atoms with Crippen molar-refractivity contribution in [2.75, 3.05) is 13.1 Å². The molecule has 0 N–H and O–H groups in total. The van der Waals surface area contributed by atoms with E-state index in [4.69, 9.17) is 16.0 Å². The molecule has 21 heavy (non-hydrogen) atoms. The van der Waals surface area contributed by atoms with Gasteiger partial charge in [-0.2, -0.15) is 0 Å². The van der Waals surface area contributed by atoms with Crippen LogP contribution in [-0.2, 0) is 0 Å². The number of hydrogen-bond donors (Lipinski definition) is 0. The Bertz CT molecular complexity index is 687. The first-order valence-electron chi connectivity index (χ1n) is 6.83. The van der Waals surface area contributed by atoms with Gasteiger partial charge in [-0.25, -0.2) is 0 Å². The predicted octanol–water partition coefficient (Wildman–Crippen LogP) is 3.65. The van der Waals surface area contributed by atoms with Crippen molar-refractivity contribution in [3.8, 4) is 11.3 Å². The Morgan fingerprint density at radius 3 is 2.62 bits per heavy atom. The van der Waals surface area contributed by atoms with Crippen LogP contribution in [0.15, 0.2) is 34.7 Å². The first-order chi connectivity index (χ1) is 10.2. The van der Waals surface area contributed by atoms with E-state index in [1.807, 2.05) is 4.90 Å². The molecule has 1 saturated heterocycles. The number of hydrogen-bond acceptors (Lipinski definition) is 3. The van der Waals surface area contributed by atoms with Gasteiger partial charge in [-0.05, 0) is 43.2 Å². The number of amides is 1. The minimum absolute atomic E-state index is 0.00702. The highest BCUT2D eigenvalue weighted by atomic mass is 35.5. The fourth-order valence-corrected chi connectivity index (χ4v) is 2.72. The zero-order valence-corrected chi connectivity index (χ0v) is 12.1. The summed E-state index contributed by atoms with van der Waals surface area (Å²) in [5.74, 6) is 0.725. The number of carbonyl (C=O) groups is 2. The largest absolute Gasteiger partial charge is 0.453 e. The first kappa shape index (κ1) is 13.9. The molecule has 1 amide bonds. The molecular formula is C16H14ClNO3. The molecule has 0 radical (unpaired) electrons. The van der Waals surface area contributed by atoms with E-state index in [1.54, 1.807) is 30.3 Å². The molecule has 0 spiro atoms. The van der Waals surface area contributed by atoms with Gasteiger partial charge in [0.15, 0.2) is 12.0 Å². The molecule has 1 aromatic heterocycles. The van der Waals surface area contributed by atoms with Crippen LogP contribution in [0.4, 0.5) is 0 Å². The Morgan fingerprint density at radius 2 is 1.95 bits per heavy atom. The van der Waals surface area contributed by atoms with Crippen LogP contribution in [0.5, 0.6) is 0 Å². The van der Waals surface area contributed by atoms with Crippen LogP contribution < -0.4 is 0 Å². The highest BCUT2D eigenvalue weighted by Crippen LogP contribution is 2.30. The Morgan fingerprint density at radius 1 is 1.19 bits per heavy atom. The van der Waals surface area contributed by atoms with Gasteiger partial charge in [0.2, 0.25) is 0 Å². The van der Waals surface area contributed by atoms with Crippen LogP contribution >= 0.6 is 11.6 Å². The molecule has 0 unspecified atom stereocenters. The third-order valence-corrected chi connectivity index (χ3v) is 3.94. The van der Waals surface area contributed by atoms with Crippen molar-refractivity contribution in [3.05, 3.63) is 46.7 Å². The maximum absolute atomic E-state index is 12.4. The molecule has 0 aliphatic carbocycles. The Kier molecular flexibility index (Phi) is 3.80. The molecule has 0 bridgehead atoms. The van der Waals surface area contributed by atoms with Crippen molar-refractivity contribution in [2.24, 2.45) is 0 Å². The summed E-state index contributed by atoms with van der Waals surface area (Å²) in [6, 6.07) is 8.37. The number of nitrogens with zero attached hydrogens (tertiary/aromatic N) is 1. The van der Waals surface area contributed by atoms with Crippen molar-refractivity contribution in [1.29, 1.82) is 0 Å². The Labute approximate surface area is 127 Å². The number of likely N-dealkylation sites (tertiary alicyclic amines) is 1. The van der Waals surface area contributed by atoms with E-state index in [-0.39, 0.29) is 11.7 Å². The molecule has 1 aliphatic heterocycles. The summed E-state index contributed by atoms with van der Waals surface area (Å²) >= 11 is 6.17. The normalized spacial score (nSPS) is 14.4. The number of aldehydes is 1. The molecule has 4 nitrogen and oxygen atoms in total. The minimum atomic E-state index is 0.00702. The second-order valence-electron chi connectivity index (χ2n) is 5.01. The van der Waals surface area contributed by atoms with E-state index >= 15 is 0 Å². The summed E-state index contributed by atoms with van der Waals surface area (Å²) in [5, 5.41) is 0.486. The lowest BCUT2D eigenvalue weighted by atomic mass is 10.1. The SMILES string of the molecule is O=Cc1ccc(-c2cc(C(=O)N3CCCC3)ccc2Cl)o1. The van der Waals surface area contributed by atoms with Gasteiger partial charge >= 0.3 is 0 Å². The topological polar surface area (TPSA) is 50.5 Å². The molecule has 0 atom stereocenters. The number of rotatable bonds is 3. The van der Waals surface area contributed by atoms with Crippen molar-refractivity contribution in [2.45, 2.75) is 12.8 Å². The van der Waals surface area contributed by atoms with Crippen LogP contribution in [0.3, 0.4) is 0 Å². The number of furan rings is 1. The minimum Gasteiger partial charge on any atom is -0.453 e. The standard InChI is InChI=1S/C16H14ClNO3/c17-14-5-3-11(16(20)18-7-1-2-8-18)9-13(14)15-6-4-12(10-19)21-15/h3-6,9-10H,1-2,7-8H2. The average molecular weight is 304 g/mol. The molecule has 2 heterocycles. The summed E-state index contributed by atoms with van der Waals surface area (Å²) in [5.41, 5.74) is 1.20. The highest BCUT2D eigenvalue weighted by molar-refractivity contribution is 6.33. The Hall–Kier alpha value is -2.07. The summed E-state index contributed by atoms with van der Waals surface area (Å²) in [6.07, 6.45) is 2.73. The van der Waals surface area contributed by atoms with E-state index in [0.29, 0.717) is 28.2 Å². The molecule has 1 aliphatic rings. The lowest BCUT2D eigenvalue weighted by Gasteiger charge is -2.15. The van der Waals surface area contributed by atoms with Crippen molar-refractivity contribution in [3.63, 3.8) is 0 Å². The van der Waals surface area contributed by atoms with Gasteiger partial charge in [-0.1, -0.05) is 11.6 Å². The van der Waals surface area contributed by atoms with E-state index in [1.165, 1.54) is 0 Å². The van der Waals surface area contributed by atoms with Gasteiger partial charge in [-0.15, -0.1) is 0 Å². The van der Waals surface area contributed by atoms with Gasteiger partial charge in [0.25, 0.3) is 5.91 Å². The second kappa shape index (κ2) is 5.74. The smallest absolute Gasteiger partial charge is 0.253 e. The fourth-order valence-electron chi connectivity index (χ4n) is 2.51. The van der Waals surface area contributed by atoms with Gasteiger partial charge in [0.05, 0.1) is 5.02 Å². The third-order valence-electron chi connectivity index (χ3n) is 3.61. The maximum atomic E-state index is 12.4. The van der Waals surface area contributed by atoms with Crippen LogP contribution in [0.1, 0.15) is 33.8 Å². The van der Waals surface area contributed by atoms with Crippen molar-refractivity contribution in [1.82, 2.24) is 4.90 Å². The van der Waals surface area contributed by atoms with Gasteiger partial charge in [0.1, 0.15) is 5.76 Å². The highest BCUT2D eigenvalue weighted by Gasteiger charge is 2.21. The maximum Gasteiger partial charge on any atom is 0.253 e. The summed E-state index contributed by atoms with van der Waals surface area (Å²) < 4.78 is 5.38. The molecule has 1 aromatic carbocycles. The summed E-state index contributed by atoms with van der Waals surface area (Å²) in [4.78, 5) is 24.9.